The summed E-state index contributed by atoms with van der Waals surface area (Å²) >= 11 is 3.60. The Morgan fingerprint density at radius 3 is 1.58 bits per heavy atom. The van der Waals surface area contributed by atoms with Crippen LogP contribution in [0.4, 0.5) is 0 Å². The summed E-state index contributed by atoms with van der Waals surface area (Å²) in [6, 6.07) is 16.0. The fourth-order valence-corrected chi connectivity index (χ4v) is 4.33. The van der Waals surface area contributed by atoms with Crippen LogP contribution in [0.2, 0.25) is 0 Å². The molecule has 0 unspecified atom stereocenters. The van der Waals surface area contributed by atoms with Gasteiger partial charge in [-0.3, -0.25) is 4.79 Å². The highest BCUT2D eigenvalue weighted by atomic mass is 32.2. The van der Waals surface area contributed by atoms with Gasteiger partial charge >= 0.3 is 0 Å². The first-order valence-corrected chi connectivity index (χ1v) is 12.4. The number of rotatable bonds is 6. The van der Waals surface area contributed by atoms with E-state index in [-0.39, 0.29) is 0 Å². The summed E-state index contributed by atoms with van der Waals surface area (Å²) in [7, 11) is 0. The molecule has 4 heteroatoms. The van der Waals surface area contributed by atoms with E-state index in [0.717, 1.165) is 30.0 Å². The van der Waals surface area contributed by atoms with Crippen LogP contribution in [0.1, 0.15) is 56.5 Å². The van der Waals surface area contributed by atoms with E-state index in [9.17, 15) is 4.79 Å². The van der Waals surface area contributed by atoms with Crippen molar-refractivity contribution < 1.29 is 9.53 Å². The molecule has 2 aromatic rings. The van der Waals surface area contributed by atoms with Crippen molar-refractivity contribution in [1.82, 2.24) is 0 Å². The van der Waals surface area contributed by atoms with Crippen LogP contribution in [0.3, 0.4) is 0 Å². The summed E-state index contributed by atoms with van der Waals surface area (Å²) in [5.41, 5.74) is 2.02. The van der Waals surface area contributed by atoms with E-state index in [4.69, 9.17) is 4.74 Å². The highest BCUT2D eigenvalue weighted by molar-refractivity contribution is 8.00. The zero-order valence-corrected chi connectivity index (χ0v) is 21.1. The van der Waals surface area contributed by atoms with Crippen molar-refractivity contribution in [3.05, 3.63) is 79.4 Å². The Bertz CT molecular complexity index is 672. The molecular formula is C27H38O2S2. The van der Waals surface area contributed by atoms with Gasteiger partial charge in [-0.05, 0) is 30.5 Å². The van der Waals surface area contributed by atoms with E-state index >= 15 is 0 Å². The third-order valence-electron chi connectivity index (χ3n) is 3.74. The molecule has 31 heavy (non-hydrogen) atoms. The highest BCUT2D eigenvalue weighted by Gasteiger charge is 2.02. The van der Waals surface area contributed by atoms with Gasteiger partial charge in [0.1, 0.15) is 0 Å². The minimum Gasteiger partial charge on any atom is -0.381 e. The molecule has 2 nitrogen and oxygen atoms in total. The topological polar surface area (TPSA) is 26.3 Å². The van der Waals surface area contributed by atoms with E-state index in [0.29, 0.717) is 10.5 Å². The molecule has 0 amide bonds. The molecule has 0 N–H and O–H groups in total. The van der Waals surface area contributed by atoms with Crippen molar-refractivity contribution in [2.75, 3.05) is 13.2 Å². The number of carbonyl (C=O) groups is 1. The van der Waals surface area contributed by atoms with Gasteiger partial charge in [-0.25, -0.2) is 0 Å². The van der Waals surface area contributed by atoms with Gasteiger partial charge in [0.2, 0.25) is 0 Å². The van der Waals surface area contributed by atoms with Crippen molar-refractivity contribution in [3.8, 4) is 0 Å². The molecule has 3 rings (SSSR count). The van der Waals surface area contributed by atoms with Gasteiger partial charge in [-0.1, -0.05) is 76.7 Å². The smallest absolute Gasteiger partial charge is 0.151 e. The van der Waals surface area contributed by atoms with E-state index in [1.54, 1.807) is 11.8 Å². The fraction of sp³-hybridized carbons (Fsp3) is 0.370. The summed E-state index contributed by atoms with van der Waals surface area (Å²) in [5.74, 6) is 0. The van der Waals surface area contributed by atoms with Crippen LogP contribution >= 0.6 is 23.5 Å². The maximum atomic E-state index is 10.6. The van der Waals surface area contributed by atoms with Crippen LogP contribution < -0.4 is 0 Å². The number of aldehydes is 1. The maximum absolute atomic E-state index is 10.6. The highest BCUT2D eigenvalue weighted by Crippen LogP contribution is 2.27. The van der Waals surface area contributed by atoms with Crippen LogP contribution in [-0.4, -0.2) is 30.0 Å². The third kappa shape index (κ3) is 14.0. The lowest BCUT2D eigenvalue weighted by molar-refractivity contribution is 0.112. The van der Waals surface area contributed by atoms with Crippen molar-refractivity contribution in [2.45, 2.75) is 60.8 Å². The normalized spacial score (nSPS) is 11.9. The minimum atomic E-state index is 0.520. The summed E-state index contributed by atoms with van der Waals surface area (Å²) in [6.07, 6.45) is 5.37. The number of thioether (sulfide) groups is 2. The molecule has 1 aliphatic heterocycles. The van der Waals surface area contributed by atoms with Gasteiger partial charge in [-0.2, -0.15) is 0 Å². The first kappa shape index (κ1) is 29.2. The molecule has 0 aromatic heterocycles. The molecule has 170 valence electrons. The Hall–Kier alpha value is -1.75. The number of hydrogen-bond acceptors (Lipinski definition) is 4. The quantitative estimate of drug-likeness (QED) is 0.246. The van der Waals surface area contributed by atoms with Crippen LogP contribution in [0, 0.1) is 0 Å². The lowest BCUT2D eigenvalue weighted by Crippen LogP contribution is -1.90. The van der Waals surface area contributed by atoms with Crippen LogP contribution in [-0.2, 0) is 4.74 Å². The molecule has 2 aromatic carbocycles. The van der Waals surface area contributed by atoms with Crippen molar-refractivity contribution in [2.24, 2.45) is 0 Å². The molecule has 1 aliphatic rings. The zero-order valence-electron chi connectivity index (χ0n) is 19.5. The second-order valence-electron chi connectivity index (χ2n) is 7.05. The number of carbonyl (C=O) groups excluding carboxylic acids is 1. The predicted molar refractivity (Wildman–Crippen MR) is 142 cm³/mol. The third-order valence-corrected chi connectivity index (χ3v) is 5.93. The largest absolute Gasteiger partial charge is 0.381 e. The molecule has 0 spiro atoms. The molecular weight excluding hydrogens is 420 g/mol. The maximum Gasteiger partial charge on any atom is 0.151 e. The van der Waals surface area contributed by atoms with E-state index in [2.05, 4.69) is 65.6 Å². The summed E-state index contributed by atoms with van der Waals surface area (Å²) in [5, 5.41) is 1.15. The van der Waals surface area contributed by atoms with Gasteiger partial charge in [0.15, 0.2) is 6.29 Å². The first-order chi connectivity index (χ1) is 15.0. The van der Waals surface area contributed by atoms with Gasteiger partial charge < -0.3 is 4.74 Å². The summed E-state index contributed by atoms with van der Waals surface area (Å²) < 4.78 is 4.94. The van der Waals surface area contributed by atoms with Gasteiger partial charge in [0, 0.05) is 39.1 Å². The van der Waals surface area contributed by atoms with Gasteiger partial charge in [-0.15, -0.1) is 36.7 Å². The van der Waals surface area contributed by atoms with Crippen molar-refractivity contribution >= 4 is 35.9 Å². The van der Waals surface area contributed by atoms with E-state index < -0.39 is 0 Å². The summed E-state index contributed by atoms with van der Waals surface area (Å²) in [6.45, 7) is 20.4. The Kier molecular flexibility index (Phi) is 17.9. The number of benzene rings is 2. The zero-order chi connectivity index (χ0) is 23.5. The van der Waals surface area contributed by atoms with Crippen LogP contribution in [0.15, 0.2) is 78.1 Å². The SMILES string of the molecule is C1CCOC1.C=C.C=Cc1ccccc1SC(C)C.CC(C)Sc1ccccc1C=O. The lowest BCUT2D eigenvalue weighted by atomic mass is 10.2. The monoisotopic (exact) mass is 458 g/mol. The molecule has 1 heterocycles. The standard InChI is InChI=1S/C11H14S.C10H12OS.C4H8O.C2H4/c1-4-10-7-5-6-8-11(10)12-9(2)3;1-8(2)12-10-6-4-3-5-9(10)7-11;1-2-4-5-3-1;1-2/h4-9H,1H2,2-3H3;3-8H,1-2H3;1-4H2;1-2H2. The second kappa shape index (κ2) is 19.0. The lowest BCUT2D eigenvalue weighted by Gasteiger charge is -2.07. The van der Waals surface area contributed by atoms with Crippen LogP contribution in [0.25, 0.3) is 6.08 Å². The Labute approximate surface area is 198 Å². The van der Waals surface area contributed by atoms with Crippen molar-refractivity contribution in [3.63, 3.8) is 0 Å². The van der Waals surface area contributed by atoms with E-state index in [1.165, 1.54) is 23.3 Å². The van der Waals surface area contributed by atoms with Gasteiger partial charge in [0.05, 0.1) is 0 Å². The Morgan fingerprint density at radius 2 is 1.23 bits per heavy atom. The number of ether oxygens (including phenoxy) is 1. The fourth-order valence-electron chi connectivity index (χ4n) is 2.46. The molecule has 0 saturated carbocycles. The Morgan fingerprint density at radius 1 is 0.806 bits per heavy atom. The average Bonchev–Trinajstić information content (AvgIpc) is 3.36. The Balaban J connectivity index is 0.000000447. The molecule has 0 aliphatic carbocycles. The molecule has 0 bridgehead atoms. The molecule has 1 saturated heterocycles. The van der Waals surface area contributed by atoms with E-state index in [1.807, 2.05) is 48.2 Å². The van der Waals surface area contributed by atoms with Crippen LogP contribution in [0.5, 0.6) is 0 Å². The average molecular weight is 459 g/mol. The first-order valence-electron chi connectivity index (χ1n) is 10.6. The second-order valence-corrected chi connectivity index (χ2v) is 10.3. The minimum absolute atomic E-state index is 0.520. The van der Waals surface area contributed by atoms with Gasteiger partial charge in [0.25, 0.3) is 0 Å². The molecule has 1 fully saturated rings. The molecule has 0 radical (unpaired) electrons. The summed E-state index contributed by atoms with van der Waals surface area (Å²) in [4.78, 5) is 13.0. The number of hydrogen-bond donors (Lipinski definition) is 0. The predicted octanol–water partition coefficient (Wildman–Crippen LogP) is 8.43. The van der Waals surface area contributed by atoms with Crippen molar-refractivity contribution in [1.29, 1.82) is 0 Å². The molecule has 0 atom stereocenters.